The summed E-state index contributed by atoms with van der Waals surface area (Å²) in [5.74, 6) is 1.20. The van der Waals surface area contributed by atoms with E-state index in [2.05, 4.69) is 37.6 Å². The van der Waals surface area contributed by atoms with Crippen LogP contribution in [-0.2, 0) is 12.8 Å². The number of rotatable bonds is 6. The van der Waals surface area contributed by atoms with E-state index in [1.807, 2.05) is 0 Å². The number of aryl methyl sites for hydroxylation is 2. The summed E-state index contributed by atoms with van der Waals surface area (Å²) in [6.07, 6.45) is 7.53. The molecule has 3 nitrogen and oxygen atoms in total. The number of aromatic nitrogens is 2. The first-order chi connectivity index (χ1) is 9.13. The highest BCUT2D eigenvalue weighted by Crippen LogP contribution is 2.25. The molecule has 19 heavy (non-hydrogen) atoms. The zero-order chi connectivity index (χ0) is 13.8. The maximum Gasteiger partial charge on any atom is 0.106 e. The van der Waals surface area contributed by atoms with Crippen LogP contribution in [0.25, 0.3) is 0 Å². The molecule has 0 fully saturated rings. The van der Waals surface area contributed by atoms with Crippen molar-refractivity contribution in [1.82, 2.24) is 14.9 Å². The molecule has 1 N–H and O–H groups in total. The van der Waals surface area contributed by atoms with Crippen LogP contribution in [0.2, 0.25) is 0 Å². The summed E-state index contributed by atoms with van der Waals surface area (Å²) in [5.41, 5.74) is 2.86. The first-order valence-corrected chi connectivity index (χ1v) is 7.93. The molecule has 1 aromatic heterocycles. The molecule has 108 valence electrons. The largest absolute Gasteiger partial charge is 0.328 e. The van der Waals surface area contributed by atoms with Crippen molar-refractivity contribution >= 4 is 0 Å². The van der Waals surface area contributed by atoms with Crippen LogP contribution in [0.1, 0.15) is 69.7 Å². The smallest absolute Gasteiger partial charge is 0.106 e. The van der Waals surface area contributed by atoms with Crippen LogP contribution in [0.4, 0.5) is 0 Å². The van der Waals surface area contributed by atoms with E-state index < -0.39 is 0 Å². The van der Waals surface area contributed by atoms with Gasteiger partial charge in [0.05, 0.1) is 5.69 Å². The molecular formula is C16H29N3. The number of nitrogens with zero attached hydrogens (tertiary/aromatic N) is 2. The Morgan fingerprint density at radius 2 is 2.00 bits per heavy atom. The van der Waals surface area contributed by atoms with Gasteiger partial charge in [0.25, 0.3) is 0 Å². The molecule has 2 rings (SSSR count). The van der Waals surface area contributed by atoms with Crippen LogP contribution in [0, 0.1) is 6.92 Å². The van der Waals surface area contributed by atoms with Gasteiger partial charge < -0.3 is 9.88 Å². The minimum atomic E-state index is 0.508. The van der Waals surface area contributed by atoms with Crippen LogP contribution < -0.4 is 5.32 Å². The highest BCUT2D eigenvalue weighted by Gasteiger charge is 2.21. The maximum absolute atomic E-state index is 4.77. The van der Waals surface area contributed by atoms with E-state index >= 15 is 0 Å². The Bertz CT molecular complexity index is 408. The number of nitrogens with one attached hydrogen (secondary N) is 1. The van der Waals surface area contributed by atoms with Crippen molar-refractivity contribution in [1.29, 1.82) is 0 Å². The predicted molar refractivity (Wildman–Crippen MR) is 80.7 cm³/mol. The second kappa shape index (κ2) is 6.56. The van der Waals surface area contributed by atoms with Crippen molar-refractivity contribution in [2.75, 3.05) is 6.54 Å². The van der Waals surface area contributed by atoms with Gasteiger partial charge in [-0.2, -0.15) is 0 Å². The standard InChI is InChI=1S/C16H29N3/c1-5-8-12(2)17-11-13(3)19-14(4)18-15-9-6-7-10-16(15)19/h12-13,17H,5-11H2,1-4H3. The molecule has 2 atom stereocenters. The lowest BCUT2D eigenvalue weighted by atomic mass is 10.0. The Hall–Kier alpha value is -0.830. The van der Waals surface area contributed by atoms with Crippen molar-refractivity contribution < 1.29 is 0 Å². The highest BCUT2D eigenvalue weighted by molar-refractivity contribution is 5.20. The fourth-order valence-electron chi connectivity index (χ4n) is 3.28. The molecule has 0 aromatic carbocycles. The van der Waals surface area contributed by atoms with Gasteiger partial charge in [0.1, 0.15) is 5.82 Å². The summed E-state index contributed by atoms with van der Waals surface area (Å²) in [6.45, 7) is 10.1. The Kier molecular flexibility index (Phi) is 5.03. The third-order valence-corrected chi connectivity index (χ3v) is 4.27. The summed E-state index contributed by atoms with van der Waals surface area (Å²) in [4.78, 5) is 4.77. The van der Waals surface area contributed by atoms with E-state index in [-0.39, 0.29) is 0 Å². The van der Waals surface area contributed by atoms with Gasteiger partial charge in [-0.1, -0.05) is 13.3 Å². The van der Waals surface area contributed by atoms with Crippen LogP contribution in [0.5, 0.6) is 0 Å². The fraction of sp³-hybridized carbons (Fsp3) is 0.812. The van der Waals surface area contributed by atoms with Crippen molar-refractivity contribution in [2.45, 2.75) is 78.3 Å². The molecule has 3 heteroatoms. The molecule has 1 aromatic rings. The van der Waals surface area contributed by atoms with Crippen molar-refractivity contribution in [2.24, 2.45) is 0 Å². The summed E-state index contributed by atoms with van der Waals surface area (Å²) in [6, 6.07) is 1.13. The Morgan fingerprint density at radius 3 is 2.74 bits per heavy atom. The molecule has 0 bridgehead atoms. The Balaban J connectivity index is 2.02. The first-order valence-electron chi connectivity index (χ1n) is 7.93. The van der Waals surface area contributed by atoms with Crippen LogP contribution in [0.15, 0.2) is 0 Å². The van der Waals surface area contributed by atoms with Crippen LogP contribution >= 0.6 is 0 Å². The fourth-order valence-corrected chi connectivity index (χ4v) is 3.28. The molecule has 0 saturated heterocycles. The molecule has 0 aliphatic heterocycles. The lowest BCUT2D eigenvalue weighted by Gasteiger charge is -2.23. The van der Waals surface area contributed by atoms with Crippen molar-refractivity contribution in [3.05, 3.63) is 17.2 Å². The highest BCUT2D eigenvalue weighted by atomic mass is 15.1. The Morgan fingerprint density at radius 1 is 1.26 bits per heavy atom. The monoisotopic (exact) mass is 263 g/mol. The maximum atomic E-state index is 4.77. The second-order valence-electron chi connectivity index (χ2n) is 6.08. The zero-order valence-electron chi connectivity index (χ0n) is 13.0. The first kappa shape index (κ1) is 14.6. The normalized spacial score (nSPS) is 18.1. The van der Waals surface area contributed by atoms with E-state index in [0.717, 1.165) is 6.54 Å². The summed E-state index contributed by atoms with van der Waals surface area (Å²) in [5, 5.41) is 3.66. The molecule has 0 amide bonds. The van der Waals surface area contributed by atoms with E-state index in [4.69, 9.17) is 4.98 Å². The minimum Gasteiger partial charge on any atom is -0.328 e. The van der Waals surface area contributed by atoms with Gasteiger partial charge in [-0.25, -0.2) is 4.98 Å². The van der Waals surface area contributed by atoms with E-state index in [9.17, 15) is 0 Å². The lowest BCUT2D eigenvalue weighted by Crippen LogP contribution is -2.32. The quantitative estimate of drug-likeness (QED) is 0.852. The van der Waals surface area contributed by atoms with Gasteiger partial charge in [0.2, 0.25) is 0 Å². The second-order valence-corrected chi connectivity index (χ2v) is 6.08. The Labute approximate surface area is 117 Å². The average Bonchev–Trinajstić information content (AvgIpc) is 2.72. The molecule has 1 aliphatic carbocycles. The van der Waals surface area contributed by atoms with Gasteiger partial charge in [-0.05, 0) is 52.9 Å². The van der Waals surface area contributed by atoms with E-state index in [0.29, 0.717) is 12.1 Å². The molecule has 0 saturated carbocycles. The summed E-state index contributed by atoms with van der Waals surface area (Å²) in [7, 11) is 0. The molecule has 0 spiro atoms. The summed E-state index contributed by atoms with van der Waals surface area (Å²) >= 11 is 0. The molecule has 2 unspecified atom stereocenters. The molecule has 0 radical (unpaired) electrons. The van der Waals surface area contributed by atoms with Crippen LogP contribution in [-0.4, -0.2) is 22.1 Å². The number of hydrogen-bond acceptors (Lipinski definition) is 2. The van der Waals surface area contributed by atoms with Gasteiger partial charge in [0.15, 0.2) is 0 Å². The molecule has 1 aliphatic rings. The van der Waals surface area contributed by atoms with Crippen molar-refractivity contribution in [3.63, 3.8) is 0 Å². The summed E-state index contributed by atoms with van der Waals surface area (Å²) < 4.78 is 2.47. The van der Waals surface area contributed by atoms with Gasteiger partial charge >= 0.3 is 0 Å². The van der Waals surface area contributed by atoms with E-state index in [1.165, 1.54) is 55.7 Å². The molecular weight excluding hydrogens is 234 g/mol. The predicted octanol–water partition coefficient (Wildman–Crippen LogP) is 3.41. The lowest BCUT2D eigenvalue weighted by molar-refractivity contribution is 0.420. The number of fused-ring (bicyclic) bond motifs is 1. The SMILES string of the molecule is CCCC(C)NCC(C)n1c(C)nc2c1CCCC2. The van der Waals surface area contributed by atoms with E-state index in [1.54, 1.807) is 0 Å². The average molecular weight is 263 g/mol. The van der Waals surface area contributed by atoms with Crippen LogP contribution in [0.3, 0.4) is 0 Å². The third-order valence-electron chi connectivity index (χ3n) is 4.27. The van der Waals surface area contributed by atoms with Gasteiger partial charge in [-0.15, -0.1) is 0 Å². The molecule has 1 heterocycles. The number of hydrogen-bond donors (Lipinski definition) is 1. The topological polar surface area (TPSA) is 29.9 Å². The van der Waals surface area contributed by atoms with Crippen molar-refractivity contribution in [3.8, 4) is 0 Å². The minimum absolute atomic E-state index is 0.508. The van der Waals surface area contributed by atoms with Gasteiger partial charge in [0, 0.05) is 24.3 Å². The number of imidazole rings is 1. The third kappa shape index (κ3) is 3.38. The zero-order valence-corrected chi connectivity index (χ0v) is 13.0. The van der Waals surface area contributed by atoms with Gasteiger partial charge in [-0.3, -0.25) is 0 Å².